The van der Waals surface area contributed by atoms with E-state index in [-0.39, 0.29) is 5.82 Å². The van der Waals surface area contributed by atoms with Crippen LogP contribution >= 0.6 is 0 Å². The molecule has 0 saturated heterocycles. The molecular formula is C17H19F. The Morgan fingerprint density at radius 1 is 0.944 bits per heavy atom. The molecule has 0 aliphatic heterocycles. The van der Waals surface area contributed by atoms with E-state index in [0.29, 0.717) is 5.92 Å². The van der Waals surface area contributed by atoms with E-state index in [2.05, 4.69) is 19.9 Å². The third-order valence-electron chi connectivity index (χ3n) is 3.50. The number of hydrogen-bond acceptors (Lipinski definition) is 0. The molecule has 2 aromatic rings. The molecule has 0 unspecified atom stereocenters. The van der Waals surface area contributed by atoms with Gasteiger partial charge in [-0.2, -0.15) is 0 Å². The van der Waals surface area contributed by atoms with Crippen LogP contribution in [0.2, 0.25) is 0 Å². The quantitative estimate of drug-likeness (QED) is 0.676. The molecule has 18 heavy (non-hydrogen) atoms. The molecule has 0 heterocycles. The molecule has 2 aromatic carbocycles. The summed E-state index contributed by atoms with van der Waals surface area (Å²) in [5.74, 6) is 0.266. The summed E-state index contributed by atoms with van der Waals surface area (Å²) in [5, 5.41) is 0. The fraction of sp³-hybridized carbons (Fsp3) is 0.294. The molecule has 0 aromatic heterocycles. The number of halogens is 1. The summed E-state index contributed by atoms with van der Waals surface area (Å²) in [5.41, 5.74) is 4.69. The van der Waals surface area contributed by atoms with Gasteiger partial charge in [0, 0.05) is 0 Å². The van der Waals surface area contributed by atoms with Gasteiger partial charge in [-0.1, -0.05) is 50.2 Å². The minimum atomic E-state index is -0.0694. The first-order valence-electron chi connectivity index (χ1n) is 6.37. The minimum Gasteiger partial charge on any atom is -0.206 e. The van der Waals surface area contributed by atoms with Crippen molar-refractivity contribution in [2.24, 2.45) is 0 Å². The lowest BCUT2D eigenvalue weighted by atomic mass is 9.90. The maximum absolute atomic E-state index is 14.3. The van der Waals surface area contributed by atoms with Gasteiger partial charge in [-0.15, -0.1) is 0 Å². The van der Waals surface area contributed by atoms with E-state index in [1.807, 2.05) is 44.2 Å². The van der Waals surface area contributed by atoms with Crippen molar-refractivity contribution in [1.29, 1.82) is 0 Å². The van der Waals surface area contributed by atoms with Gasteiger partial charge < -0.3 is 0 Å². The van der Waals surface area contributed by atoms with Gasteiger partial charge in [0.25, 0.3) is 0 Å². The lowest BCUT2D eigenvalue weighted by Crippen LogP contribution is -2.00. The third kappa shape index (κ3) is 2.17. The summed E-state index contributed by atoms with van der Waals surface area (Å²) in [4.78, 5) is 0. The van der Waals surface area contributed by atoms with Gasteiger partial charge in [0.2, 0.25) is 0 Å². The average molecular weight is 242 g/mol. The lowest BCUT2D eigenvalue weighted by Gasteiger charge is -2.16. The normalized spacial score (nSPS) is 11.0. The van der Waals surface area contributed by atoms with Crippen LogP contribution in [0.4, 0.5) is 4.39 Å². The van der Waals surface area contributed by atoms with Crippen LogP contribution in [-0.2, 0) is 0 Å². The van der Waals surface area contributed by atoms with Gasteiger partial charge in [0.15, 0.2) is 0 Å². The van der Waals surface area contributed by atoms with Gasteiger partial charge in [-0.3, -0.25) is 0 Å². The number of rotatable bonds is 2. The van der Waals surface area contributed by atoms with Gasteiger partial charge in [-0.25, -0.2) is 4.39 Å². The summed E-state index contributed by atoms with van der Waals surface area (Å²) < 4.78 is 14.3. The fourth-order valence-electron chi connectivity index (χ4n) is 2.42. The smallest absolute Gasteiger partial charge is 0.129 e. The molecule has 0 amide bonds. The Bertz CT molecular complexity index is 554. The van der Waals surface area contributed by atoms with Crippen molar-refractivity contribution in [2.75, 3.05) is 0 Å². The molecule has 0 spiro atoms. The fourth-order valence-corrected chi connectivity index (χ4v) is 2.42. The van der Waals surface area contributed by atoms with Crippen LogP contribution in [0, 0.1) is 19.7 Å². The highest BCUT2D eigenvalue weighted by Crippen LogP contribution is 2.32. The van der Waals surface area contributed by atoms with E-state index in [4.69, 9.17) is 0 Å². The summed E-state index contributed by atoms with van der Waals surface area (Å²) >= 11 is 0. The van der Waals surface area contributed by atoms with Crippen molar-refractivity contribution >= 4 is 0 Å². The topological polar surface area (TPSA) is 0 Å². The Morgan fingerprint density at radius 2 is 1.56 bits per heavy atom. The van der Waals surface area contributed by atoms with Crippen molar-refractivity contribution in [2.45, 2.75) is 33.6 Å². The average Bonchev–Trinajstić information content (AvgIpc) is 2.37. The molecule has 0 atom stereocenters. The van der Waals surface area contributed by atoms with Crippen LogP contribution in [0.5, 0.6) is 0 Å². The van der Waals surface area contributed by atoms with Crippen molar-refractivity contribution < 1.29 is 4.39 Å². The first-order valence-corrected chi connectivity index (χ1v) is 6.37. The van der Waals surface area contributed by atoms with E-state index < -0.39 is 0 Å². The van der Waals surface area contributed by atoms with Crippen LogP contribution in [0.15, 0.2) is 36.4 Å². The maximum atomic E-state index is 14.3. The second-order valence-corrected chi connectivity index (χ2v) is 5.10. The summed E-state index contributed by atoms with van der Waals surface area (Å²) in [6.07, 6.45) is 0. The highest BCUT2D eigenvalue weighted by molar-refractivity contribution is 5.69. The SMILES string of the molecule is Cc1c(-c2ccccc2)cc(C(C)C)c(C)c1F. The van der Waals surface area contributed by atoms with Crippen molar-refractivity contribution in [3.8, 4) is 11.1 Å². The predicted molar refractivity (Wildman–Crippen MR) is 75.4 cm³/mol. The van der Waals surface area contributed by atoms with Crippen LogP contribution in [0.1, 0.15) is 36.5 Å². The predicted octanol–water partition coefficient (Wildman–Crippen LogP) is 5.23. The number of benzene rings is 2. The largest absolute Gasteiger partial charge is 0.206 e. The van der Waals surface area contributed by atoms with E-state index in [1.54, 1.807) is 0 Å². The van der Waals surface area contributed by atoms with E-state index in [9.17, 15) is 4.39 Å². The second kappa shape index (κ2) is 4.93. The second-order valence-electron chi connectivity index (χ2n) is 5.10. The van der Waals surface area contributed by atoms with E-state index in [1.165, 1.54) is 0 Å². The molecule has 1 heteroatoms. The summed E-state index contributed by atoms with van der Waals surface area (Å²) in [6, 6.07) is 12.1. The Labute approximate surface area is 108 Å². The zero-order chi connectivity index (χ0) is 13.3. The van der Waals surface area contributed by atoms with E-state index >= 15 is 0 Å². The first kappa shape index (κ1) is 12.8. The highest BCUT2D eigenvalue weighted by Gasteiger charge is 2.15. The Morgan fingerprint density at radius 3 is 2.11 bits per heavy atom. The monoisotopic (exact) mass is 242 g/mol. The molecule has 0 saturated carbocycles. The van der Waals surface area contributed by atoms with Crippen molar-refractivity contribution in [3.05, 3.63) is 58.9 Å². The Balaban J connectivity index is 2.69. The zero-order valence-electron chi connectivity index (χ0n) is 11.4. The third-order valence-corrected chi connectivity index (χ3v) is 3.50. The van der Waals surface area contributed by atoms with Crippen LogP contribution in [-0.4, -0.2) is 0 Å². The lowest BCUT2D eigenvalue weighted by molar-refractivity contribution is 0.604. The van der Waals surface area contributed by atoms with Crippen molar-refractivity contribution in [1.82, 2.24) is 0 Å². The summed E-state index contributed by atoms with van der Waals surface area (Å²) in [6.45, 7) is 7.93. The Hall–Kier alpha value is -1.63. The molecule has 0 fully saturated rings. The standard InChI is InChI=1S/C17H19F/c1-11(2)15-10-16(13(4)17(18)12(15)3)14-8-6-5-7-9-14/h5-11H,1-4H3. The van der Waals surface area contributed by atoms with E-state index in [0.717, 1.165) is 27.8 Å². The first-order chi connectivity index (χ1) is 8.52. The van der Waals surface area contributed by atoms with Gasteiger partial charge >= 0.3 is 0 Å². The number of hydrogen-bond donors (Lipinski definition) is 0. The van der Waals surface area contributed by atoms with Crippen molar-refractivity contribution in [3.63, 3.8) is 0 Å². The maximum Gasteiger partial charge on any atom is 0.129 e. The highest BCUT2D eigenvalue weighted by atomic mass is 19.1. The molecule has 0 N–H and O–H groups in total. The van der Waals surface area contributed by atoms with Gasteiger partial charge in [0.05, 0.1) is 0 Å². The molecule has 94 valence electrons. The molecule has 0 radical (unpaired) electrons. The minimum absolute atomic E-state index is 0.0694. The molecular weight excluding hydrogens is 223 g/mol. The molecule has 0 aliphatic carbocycles. The van der Waals surface area contributed by atoms with Gasteiger partial charge in [-0.05, 0) is 47.6 Å². The van der Waals surface area contributed by atoms with Crippen LogP contribution < -0.4 is 0 Å². The molecule has 0 aliphatic rings. The summed E-state index contributed by atoms with van der Waals surface area (Å²) in [7, 11) is 0. The molecule has 0 bridgehead atoms. The molecule has 0 nitrogen and oxygen atoms in total. The zero-order valence-corrected chi connectivity index (χ0v) is 11.4. The van der Waals surface area contributed by atoms with Crippen LogP contribution in [0.3, 0.4) is 0 Å². The van der Waals surface area contributed by atoms with Crippen LogP contribution in [0.25, 0.3) is 11.1 Å². The van der Waals surface area contributed by atoms with Gasteiger partial charge in [0.1, 0.15) is 5.82 Å². The Kier molecular flexibility index (Phi) is 3.51. The molecule has 2 rings (SSSR count).